The van der Waals surface area contributed by atoms with Gasteiger partial charge < -0.3 is 5.73 Å². The van der Waals surface area contributed by atoms with Crippen LogP contribution in [0.3, 0.4) is 0 Å². The average molecular weight is 251 g/mol. The summed E-state index contributed by atoms with van der Waals surface area (Å²) in [5.41, 5.74) is 6.60. The van der Waals surface area contributed by atoms with Gasteiger partial charge in [0.05, 0.1) is 10.7 Å². The molecular weight excluding hydrogens is 230 g/mol. The highest BCUT2D eigenvalue weighted by molar-refractivity contribution is 7.80. The second kappa shape index (κ2) is 8.14. The molecule has 0 spiro atoms. The molecule has 0 saturated carbocycles. The van der Waals surface area contributed by atoms with Gasteiger partial charge in [0.25, 0.3) is 0 Å². The van der Waals surface area contributed by atoms with Gasteiger partial charge in [-0.2, -0.15) is 0 Å². The fourth-order valence-electron chi connectivity index (χ4n) is 1.70. The van der Waals surface area contributed by atoms with Crippen molar-refractivity contribution in [1.29, 1.82) is 0 Å². The maximum absolute atomic E-state index is 5.47. The first-order valence-corrected chi connectivity index (χ1v) is 6.53. The molecule has 0 aliphatic heterocycles. The van der Waals surface area contributed by atoms with E-state index in [-0.39, 0.29) is 0 Å². The van der Waals surface area contributed by atoms with Crippen molar-refractivity contribution >= 4 is 17.2 Å². The Bertz CT molecular complexity index is 327. The molecule has 17 heavy (non-hydrogen) atoms. The Morgan fingerprint density at radius 2 is 2.24 bits per heavy atom. The Balaban J connectivity index is 2.27. The molecular formula is C13H21N3S. The summed E-state index contributed by atoms with van der Waals surface area (Å²) in [5, 5.41) is 0. The number of rotatable bonds is 8. The van der Waals surface area contributed by atoms with Crippen LogP contribution in [0.5, 0.6) is 0 Å². The van der Waals surface area contributed by atoms with Crippen LogP contribution in [0.2, 0.25) is 0 Å². The van der Waals surface area contributed by atoms with E-state index in [4.69, 9.17) is 18.0 Å². The van der Waals surface area contributed by atoms with Gasteiger partial charge >= 0.3 is 0 Å². The molecule has 2 N–H and O–H groups in total. The Morgan fingerprint density at radius 1 is 1.41 bits per heavy atom. The number of hydrogen-bond acceptors (Lipinski definition) is 3. The SMILES string of the molecule is CCN(CCCCC(N)=S)Cc1ccccn1. The van der Waals surface area contributed by atoms with Gasteiger partial charge in [-0.3, -0.25) is 9.88 Å². The summed E-state index contributed by atoms with van der Waals surface area (Å²) in [7, 11) is 0. The van der Waals surface area contributed by atoms with Crippen molar-refractivity contribution < 1.29 is 0 Å². The zero-order chi connectivity index (χ0) is 12.5. The second-order valence-electron chi connectivity index (χ2n) is 4.11. The van der Waals surface area contributed by atoms with Crippen molar-refractivity contribution in [2.24, 2.45) is 5.73 Å². The summed E-state index contributed by atoms with van der Waals surface area (Å²) in [6.45, 7) is 5.22. The number of unbranched alkanes of at least 4 members (excludes halogenated alkanes) is 1. The molecule has 1 aromatic heterocycles. The van der Waals surface area contributed by atoms with Crippen LogP contribution in [0, 0.1) is 0 Å². The van der Waals surface area contributed by atoms with Crippen LogP contribution in [-0.4, -0.2) is 28.0 Å². The molecule has 0 aliphatic carbocycles. The van der Waals surface area contributed by atoms with E-state index in [1.54, 1.807) is 0 Å². The standard InChI is InChI=1S/C13H21N3S/c1-2-16(10-6-4-8-13(14)17)11-12-7-3-5-9-15-12/h3,5,7,9H,2,4,6,8,10-11H2,1H3,(H2,14,17). The minimum absolute atomic E-state index is 0.623. The molecule has 3 nitrogen and oxygen atoms in total. The predicted octanol–water partition coefficient (Wildman–Crippen LogP) is 2.36. The zero-order valence-electron chi connectivity index (χ0n) is 10.4. The molecule has 0 bridgehead atoms. The third kappa shape index (κ3) is 6.34. The number of aromatic nitrogens is 1. The summed E-state index contributed by atoms with van der Waals surface area (Å²) in [4.78, 5) is 7.35. The van der Waals surface area contributed by atoms with Gasteiger partial charge in [0, 0.05) is 12.7 Å². The lowest BCUT2D eigenvalue weighted by Crippen LogP contribution is -2.24. The first kappa shape index (κ1) is 14.1. The summed E-state index contributed by atoms with van der Waals surface area (Å²) in [5.74, 6) is 0. The van der Waals surface area contributed by atoms with Crippen LogP contribution in [0.25, 0.3) is 0 Å². The number of thiocarbonyl (C=S) groups is 1. The van der Waals surface area contributed by atoms with Gasteiger partial charge in [-0.25, -0.2) is 0 Å². The first-order chi connectivity index (χ1) is 8.22. The van der Waals surface area contributed by atoms with E-state index in [2.05, 4.69) is 22.9 Å². The third-order valence-corrected chi connectivity index (χ3v) is 2.91. The smallest absolute Gasteiger partial charge is 0.0727 e. The average Bonchev–Trinajstić information content (AvgIpc) is 2.34. The lowest BCUT2D eigenvalue weighted by Gasteiger charge is -2.19. The Labute approximate surface area is 109 Å². The number of nitrogens with zero attached hydrogens (tertiary/aromatic N) is 2. The van der Waals surface area contributed by atoms with Crippen molar-refractivity contribution in [2.75, 3.05) is 13.1 Å². The molecule has 1 heterocycles. The fourth-order valence-corrected chi connectivity index (χ4v) is 1.85. The van der Waals surface area contributed by atoms with Gasteiger partial charge in [0.15, 0.2) is 0 Å². The molecule has 0 atom stereocenters. The van der Waals surface area contributed by atoms with E-state index in [1.807, 2.05) is 18.3 Å². The molecule has 0 unspecified atom stereocenters. The highest BCUT2D eigenvalue weighted by atomic mass is 32.1. The lowest BCUT2D eigenvalue weighted by atomic mass is 10.2. The topological polar surface area (TPSA) is 42.1 Å². The van der Waals surface area contributed by atoms with E-state index in [0.29, 0.717) is 4.99 Å². The molecule has 0 amide bonds. The molecule has 1 rings (SSSR count). The zero-order valence-corrected chi connectivity index (χ0v) is 11.2. The first-order valence-electron chi connectivity index (χ1n) is 6.13. The van der Waals surface area contributed by atoms with Crippen molar-refractivity contribution in [2.45, 2.75) is 32.7 Å². The maximum Gasteiger partial charge on any atom is 0.0727 e. The number of nitrogens with two attached hydrogens (primary N) is 1. The molecule has 0 saturated heterocycles. The van der Waals surface area contributed by atoms with E-state index < -0.39 is 0 Å². The highest BCUT2D eigenvalue weighted by Gasteiger charge is 2.04. The van der Waals surface area contributed by atoms with Crippen LogP contribution in [0.4, 0.5) is 0 Å². The monoisotopic (exact) mass is 251 g/mol. The Hall–Kier alpha value is -1.00. The molecule has 94 valence electrons. The van der Waals surface area contributed by atoms with Gasteiger partial charge in [-0.15, -0.1) is 0 Å². The minimum Gasteiger partial charge on any atom is -0.393 e. The van der Waals surface area contributed by atoms with E-state index >= 15 is 0 Å². The largest absolute Gasteiger partial charge is 0.393 e. The van der Waals surface area contributed by atoms with Crippen LogP contribution in [-0.2, 0) is 6.54 Å². The quantitative estimate of drug-likeness (QED) is 0.569. The molecule has 1 aromatic rings. The minimum atomic E-state index is 0.623. The van der Waals surface area contributed by atoms with Crippen LogP contribution >= 0.6 is 12.2 Å². The van der Waals surface area contributed by atoms with E-state index in [1.165, 1.54) is 0 Å². The van der Waals surface area contributed by atoms with Crippen molar-refractivity contribution in [3.05, 3.63) is 30.1 Å². The maximum atomic E-state index is 5.47. The third-order valence-electron chi connectivity index (χ3n) is 2.71. The van der Waals surface area contributed by atoms with E-state index in [0.717, 1.165) is 44.6 Å². The van der Waals surface area contributed by atoms with Crippen molar-refractivity contribution in [1.82, 2.24) is 9.88 Å². The highest BCUT2D eigenvalue weighted by Crippen LogP contribution is 2.04. The lowest BCUT2D eigenvalue weighted by molar-refractivity contribution is 0.271. The summed E-state index contributed by atoms with van der Waals surface area (Å²) < 4.78 is 0. The van der Waals surface area contributed by atoms with Gasteiger partial charge in [-0.05, 0) is 44.5 Å². The summed E-state index contributed by atoms with van der Waals surface area (Å²) in [6.07, 6.45) is 4.92. The number of pyridine rings is 1. The Morgan fingerprint density at radius 3 is 2.82 bits per heavy atom. The van der Waals surface area contributed by atoms with Crippen LogP contribution in [0.15, 0.2) is 24.4 Å². The molecule has 4 heteroatoms. The second-order valence-corrected chi connectivity index (χ2v) is 4.64. The fraction of sp³-hybridized carbons (Fsp3) is 0.538. The summed E-state index contributed by atoms with van der Waals surface area (Å²) in [6, 6.07) is 6.04. The molecule has 0 radical (unpaired) electrons. The van der Waals surface area contributed by atoms with E-state index in [9.17, 15) is 0 Å². The van der Waals surface area contributed by atoms with Crippen molar-refractivity contribution in [3.63, 3.8) is 0 Å². The molecule has 0 aliphatic rings. The molecule has 0 aromatic carbocycles. The summed E-state index contributed by atoms with van der Waals surface area (Å²) >= 11 is 4.86. The molecule has 0 fully saturated rings. The predicted molar refractivity (Wildman–Crippen MR) is 75.8 cm³/mol. The number of hydrogen-bond donors (Lipinski definition) is 1. The van der Waals surface area contributed by atoms with Crippen molar-refractivity contribution in [3.8, 4) is 0 Å². The van der Waals surface area contributed by atoms with Gasteiger partial charge in [-0.1, -0.05) is 25.2 Å². The Kier molecular flexibility index (Phi) is 6.74. The van der Waals surface area contributed by atoms with Gasteiger partial charge in [0.1, 0.15) is 0 Å². The normalized spacial score (nSPS) is 10.7. The van der Waals surface area contributed by atoms with Crippen LogP contribution < -0.4 is 5.73 Å². The van der Waals surface area contributed by atoms with Crippen LogP contribution in [0.1, 0.15) is 31.9 Å². The van der Waals surface area contributed by atoms with Gasteiger partial charge in [0.2, 0.25) is 0 Å².